The van der Waals surface area contributed by atoms with E-state index in [1.54, 1.807) is 6.07 Å². The molecule has 1 atom stereocenters. The number of rotatable bonds is 3. The van der Waals surface area contributed by atoms with Gasteiger partial charge in [-0.15, -0.1) is 0 Å². The van der Waals surface area contributed by atoms with Crippen LogP contribution in [-0.4, -0.2) is 29.6 Å². The molecule has 4 heteroatoms. The first kappa shape index (κ1) is 15.3. The summed E-state index contributed by atoms with van der Waals surface area (Å²) in [5, 5.41) is 4.03. The van der Waals surface area contributed by atoms with Gasteiger partial charge >= 0.3 is 0 Å². The van der Waals surface area contributed by atoms with Crippen molar-refractivity contribution in [2.45, 2.75) is 57.2 Å². The molecule has 1 aliphatic heterocycles. The fourth-order valence-electron chi connectivity index (χ4n) is 3.88. The first-order valence-electron chi connectivity index (χ1n) is 8.05. The van der Waals surface area contributed by atoms with Crippen LogP contribution in [0.1, 0.15) is 44.6 Å². The predicted molar refractivity (Wildman–Crippen MR) is 85.1 cm³/mol. The zero-order chi connectivity index (χ0) is 14.9. The van der Waals surface area contributed by atoms with Crippen LogP contribution in [0.5, 0.6) is 0 Å². The van der Waals surface area contributed by atoms with Crippen molar-refractivity contribution in [3.63, 3.8) is 0 Å². The second-order valence-corrected chi connectivity index (χ2v) is 6.99. The van der Waals surface area contributed by atoms with Gasteiger partial charge in [-0.2, -0.15) is 0 Å². The summed E-state index contributed by atoms with van der Waals surface area (Å²) in [6, 6.07) is 5.66. The van der Waals surface area contributed by atoms with Crippen LogP contribution in [0.4, 0.5) is 4.39 Å². The predicted octanol–water partition coefficient (Wildman–Crippen LogP) is 3.98. The molecule has 1 saturated heterocycles. The Balaban J connectivity index is 1.75. The molecule has 1 heterocycles. The Morgan fingerprint density at radius 3 is 2.81 bits per heavy atom. The van der Waals surface area contributed by atoms with Crippen LogP contribution >= 0.6 is 11.6 Å². The third-order valence-corrected chi connectivity index (χ3v) is 5.43. The summed E-state index contributed by atoms with van der Waals surface area (Å²) >= 11 is 5.92. The minimum atomic E-state index is -0.333. The van der Waals surface area contributed by atoms with E-state index in [4.69, 9.17) is 11.6 Å². The highest BCUT2D eigenvalue weighted by atomic mass is 35.5. The van der Waals surface area contributed by atoms with Crippen LogP contribution in [0.3, 0.4) is 0 Å². The number of benzene rings is 1. The summed E-state index contributed by atoms with van der Waals surface area (Å²) < 4.78 is 13.3. The number of halogens is 2. The molecule has 1 aromatic carbocycles. The van der Waals surface area contributed by atoms with E-state index in [2.05, 4.69) is 17.1 Å². The van der Waals surface area contributed by atoms with Gasteiger partial charge in [0.1, 0.15) is 5.82 Å². The molecule has 1 unspecified atom stereocenters. The average Bonchev–Trinajstić information content (AvgIpc) is 2.91. The molecule has 2 aliphatic rings. The summed E-state index contributed by atoms with van der Waals surface area (Å²) in [7, 11) is 0. The van der Waals surface area contributed by atoms with Crippen molar-refractivity contribution in [1.82, 2.24) is 10.2 Å². The van der Waals surface area contributed by atoms with E-state index in [1.807, 2.05) is 6.07 Å². The van der Waals surface area contributed by atoms with E-state index in [1.165, 1.54) is 31.7 Å². The van der Waals surface area contributed by atoms with Crippen LogP contribution in [0.25, 0.3) is 0 Å². The second kappa shape index (κ2) is 6.23. The maximum Gasteiger partial charge on any atom is 0.141 e. The summed E-state index contributed by atoms with van der Waals surface area (Å²) in [5.41, 5.74) is 1.42. The molecule has 0 radical (unpaired) electrons. The number of hydrogen-bond donors (Lipinski definition) is 1. The Morgan fingerprint density at radius 1 is 1.38 bits per heavy atom. The molecule has 2 nitrogen and oxygen atoms in total. The molecule has 3 rings (SSSR count). The van der Waals surface area contributed by atoms with Gasteiger partial charge in [-0.25, -0.2) is 4.39 Å². The second-order valence-electron chi connectivity index (χ2n) is 6.58. The molecule has 116 valence electrons. The zero-order valence-electron chi connectivity index (χ0n) is 12.7. The van der Waals surface area contributed by atoms with Crippen molar-refractivity contribution in [1.29, 1.82) is 0 Å². The Labute approximate surface area is 131 Å². The van der Waals surface area contributed by atoms with Gasteiger partial charge in [0.15, 0.2) is 0 Å². The van der Waals surface area contributed by atoms with Gasteiger partial charge in [0, 0.05) is 31.2 Å². The summed E-state index contributed by atoms with van der Waals surface area (Å²) in [5.74, 6) is -0.333. The van der Waals surface area contributed by atoms with Crippen molar-refractivity contribution < 1.29 is 4.39 Å². The van der Waals surface area contributed by atoms with Crippen LogP contribution < -0.4 is 5.32 Å². The van der Waals surface area contributed by atoms with Gasteiger partial charge in [0.25, 0.3) is 0 Å². The molecule has 0 bridgehead atoms. The maximum atomic E-state index is 13.3. The molecule has 1 spiro atoms. The average molecular weight is 311 g/mol. The van der Waals surface area contributed by atoms with Gasteiger partial charge in [-0.1, -0.05) is 37.4 Å². The quantitative estimate of drug-likeness (QED) is 0.908. The fraction of sp³-hybridized carbons (Fsp3) is 0.647. The van der Waals surface area contributed by atoms with Crippen LogP contribution in [0.15, 0.2) is 18.2 Å². The molecule has 1 saturated carbocycles. The monoisotopic (exact) mass is 310 g/mol. The third-order valence-electron chi connectivity index (χ3n) is 5.14. The van der Waals surface area contributed by atoms with Crippen molar-refractivity contribution in [2.24, 2.45) is 0 Å². The molecule has 1 N–H and O–H groups in total. The summed E-state index contributed by atoms with van der Waals surface area (Å²) in [6.45, 7) is 5.26. The van der Waals surface area contributed by atoms with Gasteiger partial charge in [0.05, 0.1) is 5.02 Å². The fourth-order valence-corrected chi connectivity index (χ4v) is 4.09. The Kier molecular flexibility index (Phi) is 4.53. The molecule has 2 fully saturated rings. The van der Waals surface area contributed by atoms with E-state index < -0.39 is 0 Å². The molecule has 0 amide bonds. The highest BCUT2D eigenvalue weighted by Gasteiger charge is 2.40. The third kappa shape index (κ3) is 3.25. The number of hydrogen-bond acceptors (Lipinski definition) is 2. The lowest BCUT2D eigenvalue weighted by atomic mass is 9.91. The molecular weight excluding hydrogens is 287 g/mol. The maximum absolute atomic E-state index is 13.3. The van der Waals surface area contributed by atoms with Crippen LogP contribution in [0.2, 0.25) is 5.02 Å². The topological polar surface area (TPSA) is 15.3 Å². The summed E-state index contributed by atoms with van der Waals surface area (Å²) in [6.07, 6.45) is 6.37. The first-order chi connectivity index (χ1) is 10.1. The van der Waals surface area contributed by atoms with Gasteiger partial charge in [-0.05, 0) is 37.0 Å². The highest BCUT2D eigenvalue weighted by Crippen LogP contribution is 2.34. The lowest BCUT2D eigenvalue weighted by molar-refractivity contribution is 0.0718. The molecule has 0 aromatic heterocycles. The van der Waals surface area contributed by atoms with E-state index in [0.29, 0.717) is 11.6 Å². The van der Waals surface area contributed by atoms with E-state index in [9.17, 15) is 4.39 Å². The van der Waals surface area contributed by atoms with Crippen molar-refractivity contribution >= 4 is 11.6 Å². The van der Waals surface area contributed by atoms with Crippen molar-refractivity contribution in [3.05, 3.63) is 34.6 Å². The van der Waals surface area contributed by atoms with Gasteiger partial charge in [0.2, 0.25) is 0 Å². The SMILES string of the molecule is CCC1CNC2(CCCC2)CN1Cc1ccc(F)c(Cl)c1. The molecule has 1 aliphatic carbocycles. The lowest BCUT2D eigenvalue weighted by Gasteiger charge is -2.46. The number of nitrogens with one attached hydrogen (secondary N) is 1. The number of nitrogens with zero attached hydrogens (tertiary/aromatic N) is 1. The molecular formula is C17H24ClFN2. The van der Waals surface area contributed by atoms with E-state index in [-0.39, 0.29) is 10.8 Å². The Morgan fingerprint density at radius 2 is 2.14 bits per heavy atom. The Hall–Kier alpha value is -0.640. The smallest absolute Gasteiger partial charge is 0.141 e. The van der Waals surface area contributed by atoms with E-state index in [0.717, 1.165) is 31.6 Å². The van der Waals surface area contributed by atoms with Crippen molar-refractivity contribution in [3.8, 4) is 0 Å². The van der Waals surface area contributed by atoms with Crippen molar-refractivity contribution in [2.75, 3.05) is 13.1 Å². The molecule has 1 aromatic rings. The van der Waals surface area contributed by atoms with Crippen LogP contribution in [-0.2, 0) is 6.54 Å². The highest BCUT2D eigenvalue weighted by molar-refractivity contribution is 6.30. The van der Waals surface area contributed by atoms with Gasteiger partial charge in [-0.3, -0.25) is 4.90 Å². The minimum Gasteiger partial charge on any atom is -0.308 e. The van der Waals surface area contributed by atoms with Crippen LogP contribution in [0, 0.1) is 5.82 Å². The first-order valence-corrected chi connectivity index (χ1v) is 8.43. The Bertz CT molecular complexity index is 500. The lowest BCUT2D eigenvalue weighted by Crippen LogP contribution is -2.62. The number of piperazine rings is 1. The molecule has 21 heavy (non-hydrogen) atoms. The minimum absolute atomic E-state index is 0.228. The largest absolute Gasteiger partial charge is 0.308 e. The van der Waals surface area contributed by atoms with Gasteiger partial charge < -0.3 is 5.32 Å². The zero-order valence-corrected chi connectivity index (χ0v) is 13.4. The normalized spacial score (nSPS) is 25.6. The summed E-state index contributed by atoms with van der Waals surface area (Å²) in [4.78, 5) is 2.56. The standard InChI is InChI=1S/C17H24ClFN2/c1-2-14-10-20-17(7-3-4-8-17)12-21(14)11-13-5-6-16(19)15(18)9-13/h5-6,9,14,20H,2-4,7-8,10-12H2,1H3. The van der Waals surface area contributed by atoms with E-state index >= 15 is 0 Å².